The quantitative estimate of drug-likeness (QED) is 0.720. The summed E-state index contributed by atoms with van der Waals surface area (Å²) in [5.74, 6) is -1.73. The number of rotatable bonds is 7. The van der Waals surface area contributed by atoms with Crippen molar-refractivity contribution in [3.05, 3.63) is 24.3 Å². The third-order valence-electron chi connectivity index (χ3n) is 4.69. The molecule has 152 valence electrons. The molecule has 1 aromatic rings. The van der Waals surface area contributed by atoms with Gasteiger partial charge in [-0.1, -0.05) is 6.92 Å². The highest BCUT2D eigenvalue weighted by atomic mass is 32.2. The first kappa shape index (κ1) is 21.8. The van der Waals surface area contributed by atoms with Crippen LogP contribution in [0.3, 0.4) is 0 Å². The molecule has 2 rings (SSSR count). The maximum Gasteiger partial charge on any atom is 0.307 e. The molecular formula is C17H26N2O6S2. The summed E-state index contributed by atoms with van der Waals surface area (Å²) in [6.45, 7) is 5.78. The first-order valence-corrected chi connectivity index (χ1v) is 11.7. The van der Waals surface area contributed by atoms with Gasteiger partial charge in [-0.15, -0.1) is 0 Å². The van der Waals surface area contributed by atoms with E-state index in [1.54, 1.807) is 20.8 Å². The lowest BCUT2D eigenvalue weighted by atomic mass is 10.0. The number of carboxylic acids is 1. The lowest BCUT2D eigenvalue weighted by Gasteiger charge is -2.30. The van der Waals surface area contributed by atoms with Crippen molar-refractivity contribution < 1.29 is 26.7 Å². The molecule has 1 aliphatic heterocycles. The van der Waals surface area contributed by atoms with Crippen molar-refractivity contribution in [3.8, 4) is 0 Å². The van der Waals surface area contributed by atoms with E-state index in [1.807, 2.05) is 0 Å². The van der Waals surface area contributed by atoms with E-state index in [2.05, 4.69) is 0 Å². The van der Waals surface area contributed by atoms with Crippen molar-refractivity contribution in [2.45, 2.75) is 49.4 Å². The van der Waals surface area contributed by atoms with Crippen LogP contribution in [0.1, 0.15) is 33.6 Å². The van der Waals surface area contributed by atoms with Gasteiger partial charge in [-0.3, -0.25) is 4.79 Å². The van der Waals surface area contributed by atoms with Gasteiger partial charge in [0.2, 0.25) is 20.0 Å². The number of benzene rings is 1. The Kier molecular flexibility index (Phi) is 6.67. The largest absolute Gasteiger partial charge is 0.481 e. The second-order valence-corrected chi connectivity index (χ2v) is 10.6. The van der Waals surface area contributed by atoms with Crippen LogP contribution in [-0.2, 0) is 24.8 Å². The molecule has 27 heavy (non-hydrogen) atoms. The van der Waals surface area contributed by atoms with E-state index in [0.717, 1.165) is 4.31 Å². The molecule has 8 nitrogen and oxygen atoms in total. The van der Waals surface area contributed by atoms with Crippen LogP contribution in [0.5, 0.6) is 0 Å². The molecule has 0 spiro atoms. The molecule has 1 unspecified atom stereocenters. The second kappa shape index (κ2) is 8.26. The molecule has 10 heteroatoms. The van der Waals surface area contributed by atoms with Crippen LogP contribution in [0.2, 0.25) is 0 Å². The summed E-state index contributed by atoms with van der Waals surface area (Å²) in [7, 11) is -7.58. The summed E-state index contributed by atoms with van der Waals surface area (Å²) in [5.41, 5.74) is 0. The van der Waals surface area contributed by atoms with Crippen molar-refractivity contribution in [1.82, 2.24) is 8.61 Å². The minimum Gasteiger partial charge on any atom is -0.481 e. The summed E-state index contributed by atoms with van der Waals surface area (Å²) >= 11 is 0. The molecule has 1 saturated heterocycles. The van der Waals surface area contributed by atoms with Gasteiger partial charge in [-0.2, -0.15) is 8.61 Å². The molecule has 1 aromatic carbocycles. The SMILES string of the molecule is CCN(C(C)C)S(=O)(=O)c1ccc(S(=O)(=O)N2CCCC(C(=O)O)C2)cc1. The fourth-order valence-corrected chi connectivity index (χ4v) is 6.41. The van der Waals surface area contributed by atoms with E-state index >= 15 is 0 Å². The van der Waals surface area contributed by atoms with E-state index < -0.39 is 31.9 Å². The molecule has 0 aromatic heterocycles. The van der Waals surface area contributed by atoms with Crippen LogP contribution >= 0.6 is 0 Å². The molecule has 0 bridgehead atoms. The fourth-order valence-electron chi connectivity index (χ4n) is 3.24. The highest BCUT2D eigenvalue weighted by Gasteiger charge is 2.33. The van der Waals surface area contributed by atoms with Crippen molar-refractivity contribution in [1.29, 1.82) is 0 Å². The zero-order chi connectivity index (χ0) is 20.4. The average Bonchev–Trinajstić information content (AvgIpc) is 2.62. The van der Waals surface area contributed by atoms with Gasteiger partial charge in [0.05, 0.1) is 15.7 Å². The molecule has 0 amide bonds. The van der Waals surface area contributed by atoms with E-state index in [-0.39, 0.29) is 28.9 Å². The number of sulfonamides is 2. The number of hydrogen-bond donors (Lipinski definition) is 1. The van der Waals surface area contributed by atoms with Crippen molar-refractivity contribution in [3.63, 3.8) is 0 Å². The third-order valence-corrected chi connectivity index (χ3v) is 8.73. The van der Waals surface area contributed by atoms with E-state index in [1.165, 1.54) is 28.6 Å². The van der Waals surface area contributed by atoms with Gasteiger partial charge in [0.1, 0.15) is 0 Å². The summed E-state index contributed by atoms with van der Waals surface area (Å²) in [5, 5.41) is 9.15. The minimum atomic E-state index is -3.87. The normalized spacial score (nSPS) is 19.5. The number of hydrogen-bond acceptors (Lipinski definition) is 5. The maximum absolute atomic E-state index is 12.8. The van der Waals surface area contributed by atoms with Gasteiger partial charge >= 0.3 is 5.97 Å². The van der Waals surface area contributed by atoms with Crippen LogP contribution in [-0.4, -0.2) is 62.2 Å². The minimum absolute atomic E-state index is 0.0269. The zero-order valence-corrected chi connectivity index (χ0v) is 17.3. The number of nitrogens with zero attached hydrogens (tertiary/aromatic N) is 2. The second-order valence-electron chi connectivity index (χ2n) is 6.81. The van der Waals surface area contributed by atoms with Crippen LogP contribution in [0.15, 0.2) is 34.1 Å². The van der Waals surface area contributed by atoms with Crippen molar-refractivity contribution >= 4 is 26.0 Å². The third kappa shape index (κ3) is 4.50. The molecule has 0 aliphatic carbocycles. The Morgan fingerprint density at radius 2 is 1.74 bits per heavy atom. The molecule has 0 saturated carbocycles. The van der Waals surface area contributed by atoms with Gasteiger partial charge in [0.15, 0.2) is 0 Å². The molecule has 1 heterocycles. The van der Waals surface area contributed by atoms with Crippen molar-refractivity contribution in [2.24, 2.45) is 5.92 Å². The molecule has 1 atom stereocenters. The van der Waals surface area contributed by atoms with E-state index in [4.69, 9.17) is 5.11 Å². The van der Waals surface area contributed by atoms with Gasteiger partial charge in [-0.25, -0.2) is 16.8 Å². The Morgan fingerprint density at radius 1 is 1.19 bits per heavy atom. The highest BCUT2D eigenvalue weighted by Crippen LogP contribution is 2.26. The first-order chi connectivity index (χ1) is 12.5. The van der Waals surface area contributed by atoms with Gasteiger partial charge in [0, 0.05) is 25.7 Å². The number of piperidine rings is 1. The van der Waals surface area contributed by atoms with Crippen LogP contribution in [0, 0.1) is 5.92 Å². The highest BCUT2D eigenvalue weighted by molar-refractivity contribution is 7.89. The topological polar surface area (TPSA) is 112 Å². The summed E-state index contributed by atoms with van der Waals surface area (Å²) in [4.78, 5) is 11.2. The van der Waals surface area contributed by atoms with Crippen LogP contribution in [0.25, 0.3) is 0 Å². The molecule has 1 aliphatic rings. The number of carbonyl (C=O) groups is 1. The first-order valence-electron chi connectivity index (χ1n) is 8.86. The summed E-state index contributed by atoms with van der Waals surface area (Å²) < 4.78 is 53.4. The smallest absolute Gasteiger partial charge is 0.307 e. The lowest BCUT2D eigenvalue weighted by Crippen LogP contribution is -2.42. The molecule has 1 fully saturated rings. The lowest BCUT2D eigenvalue weighted by molar-refractivity contribution is -0.142. The monoisotopic (exact) mass is 418 g/mol. The Morgan fingerprint density at radius 3 is 2.22 bits per heavy atom. The molecule has 1 N–H and O–H groups in total. The van der Waals surface area contributed by atoms with E-state index in [0.29, 0.717) is 19.4 Å². The number of aliphatic carboxylic acids is 1. The van der Waals surface area contributed by atoms with Gasteiger partial charge in [-0.05, 0) is 51.0 Å². The van der Waals surface area contributed by atoms with Crippen molar-refractivity contribution in [2.75, 3.05) is 19.6 Å². The van der Waals surface area contributed by atoms with Crippen LogP contribution in [0.4, 0.5) is 0 Å². The van der Waals surface area contributed by atoms with Crippen LogP contribution < -0.4 is 0 Å². The van der Waals surface area contributed by atoms with Gasteiger partial charge < -0.3 is 5.11 Å². The standard InChI is InChI=1S/C17H26N2O6S2/c1-4-19(13(2)3)27(24,25)16-9-7-15(8-10-16)26(22,23)18-11-5-6-14(12-18)17(20)21/h7-10,13-14H,4-6,11-12H2,1-3H3,(H,20,21). The predicted molar refractivity (Wildman–Crippen MR) is 100 cm³/mol. The fraction of sp³-hybridized carbons (Fsp3) is 0.588. The Hall–Kier alpha value is -1.49. The Labute approximate surface area is 160 Å². The Balaban J connectivity index is 2.29. The zero-order valence-electron chi connectivity index (χ0n) is 15.7. The van der Waals surface area contributed by atoms with E-state index in [9.17, 15) is 21.6 Å². The molecule has 0 radical (unpaired) electrons. The summed E-state index contributed by atoms with van der Waals surface area (Å²) in [6, 6.07) is 4.88. The molecular weight excluding hydrogens is 392 g/mol. The average molecular weight is 419 g/mol. The Bertz CT molecular complexity index is 879. The predicted octanol–water partition coefficient (Wildman–Crippen LogP) is 1.59. The number of carboxylic acid groups (broad SMARTS) is 1. The van der Waals surface area contributed by atoms with Gasteiger partial charge in [0.25, 0.3) is 0 Å². The maximum atomic E-state index is 12.8. The summed E-state index contributed by atoms with van der Waals surface area (Å²) in [6.07, 6.45) is 0.920.